The van der Waals surface area contributed by atoms with Gasteiger partial charge in [0.15, 0.2) is 0 Å². The predicted molar refractivity (Wildman–Crippen MR) is 119 cm³/mol. The molecule has 0 bridgehead atoms. The van der Waals surface area contributed by atoms with Crippen LogP contribution in [-0.2, 0) is 16.0 Å². The highest BCUT2D eigenvalue weighted by atomic mass is 32.2. The summed E-state index contributed by atoms with van der Waals surface area (Å²) in [7, 11) is 0. The summed E-state index contributed by atoms with van der Waals surface area (Å²) in [6.45, 7) is 5.90. The molecule has 0 spiro atoms. The van der Waals surface area contributed by atoms with Crippen LogP contribution >= 0.6 is 11.8 Å². The van der Waals surface area contributed by atoms with E-state index < -0.39 is 0 Å². The molecule has 2 aromatic carbocycles. The molecule has 3 rings (SSSR count). The lowest BCUT2D eigenvalue weighted by molar-refractivity contribution is -0.121. The molecule has 6 nitrogen and oxygen atoms in total. The van der Waals surface area contributed by atoms with Crippen LogP contribution in [-0.4, -0.2) is 33.6 Å². The van der Waals surface area contributed by atoms with Crippen LogP contribution in [0.15, 0.2) is 48.5 Å². The third-order valence-electron chi connectivity index (χ3n) is 4.31. The maximum atomic E-state index is 12.3. The van der Waals surface area contributed by atoms with Crippen molar-refractivity contribution in [3.05, 3.63) is 59.9 Å². The van der Waals surface area contributed by atoms with Crippen molar-refractivity contribution in [1.82, 2.24) is 15.3 Å². The first kappa shape index (κ1) is 20.9. The summed E-state index contributed by atoms with van der Waals surface area (Å²) in [5.41, 5.74) is 3.57. The number of H-pyrrole nitrogens is 1. The van der Waals surface area contributed by atoms with Crippen molar-refractivity contribution in [3.63, 3.8) is 0 Å². The summed E-state index contributed by atoms with van der Waals surface area (Å²) < 4.78 is 0. The number of hydrogen-bond acceptors (Lipinski definition) is 4. The molecule has 0 saturated heterocycles. The Bertz CT molecular complexity index is 949. The van der Waals surface area contributed by atoms with Gasteiger partial charge in [-0.1, -0.05) is 24.3 Å². The number of nitrogens with one attached hydrogen (secondary N) is 3. The van der Waals surface area contributed by atoms with E-state index in [0.29, 0.717) is 12.2 Å². The van der Waals surface area contributed by atoms with Crippen LogP contribution < -0.4 is 10.6 Å². The van der Waals surface area contributed by atoms with Crippen molar-refractivity contribution < 1.29 is 9.59 Å². The molecule has 152 valence electrons. The Kier molecular flexibility index (Phi) is 6.93. The fraction of sp³-hybridized carbons (Fsp3) is 0.318. The van der Waals surface area contributed by atoms with Crippen LogP contribution in [0, 0.1) is 0 Å². The molecule has 1 heterocycles. The fourth-order valence-corrected chi connectivity index (χ4v) is 3.65. The van der Waals surface area contributed by atoms with E-state index in [-0.39, 0.29) is 23.1 Å². The van der Waals surface area contributed by atoms with Gasteiger partial charge in [0.1, 0.15) is 5.82 Å². The first-order valence-electron chi connectivity index (χ1n) is 9.65. The van der Waals surface area contributed by atoms with Gasteiger partial charge in [0.2, 0.25) is 11.8 Å². The zero-order chi connectivity index (χ0) is 20.8. The van der Waals surface area contributed by atoms with Crippen LogP contribution in [0.25, 0.3) is 11.0 Å². The van der Waals surface area contributed by atoms with Crippen LogP contribution in [0.2, 0.25) is 0 Å². The molecule has 1 unspecified atom stereocenters. The van der Waals surface area contributed by atoms with Gasteiger partial charge in [0.05, 0.1) is 28.5 Å². The van der Waals surface area contributed by atoms with Gasteiger partial charge >= 0.3 is 0 Å². The summed E-state index contributed by atoms with van der Waals surface area (Å²) >= 11 is 1.53. The minimum atomic E-state index is -0.0664. The minimum Gasteiger partial charge on any atom is -0.354 e. The summed E-state index contributed by atoms with van der Waals surface area (Å²) in [5.74, 6) is 1.13. The Hall–Kier alpha value is -2.80. The average molecular weight is 411 g/mol. The molecule has 0 aliphatic rings. The first-order chi connectivity index (χ1) is 13.9. The van der Waals surface area contributed by atoms with Crippen LogP contribution in [0.4, 0.5) is 5.69 Å². The van der Waals surface area contributed by atoms with Gasteiger partial charge < -0.3 is 15.6 Å². The lowest BCUT2D eigenvalue weighted by Gasteiger charge is -2.10. The number of aromatic amines is 1. The monoisotopic (exact) mass is 410 g/mol. The van der Waals surface area contributed by atoms with Gasteiger partial charge in [0, 0.05) is 11.7 Å². The van der Waals surface area contributed by atoms with E-state index in [4.69, 9.17) is 0 Å². The molecule has 0 fully saturated rings. The lowest BCUT2D eigenvalue weighted by atomic mass is 10.1. The highest BCUT2D eigenvalue weighted by molar-refractivity contribution is 8.00. The van der Waals surface area contributed by atoms with Gasteiger partial charge in [-0.05, 0) is 50.6 Å². The lowest BCUT2D eigenvalue weighted by Crippen LogP contribution is -2.31. The number of para-hydroxylation sites is 2. The number of imidazole rings is 1. The standard InChI is InChI=1S/C22H26N4O2S/c1-14(2)23-20(27)12-16-8-10-17(11-9-16)24-21(28)13-29-15(3)22-25-18-6-4-5-7-19(18)26-22/h4-11,14-15H,12-13H2,1-3H3,(H,23,27)(H,24,28)(H,25,26). The van der Waals surface area contributed by atoms with Gasteiger partial charge in [0.25, 0.3) is 0 Å². The van der Waals surface area contributed by atoms with Crippen molar-refractivity contribution >= 4 is 40.3 Å². The molecule has 2 amide bonds. The number of amides is 2. The fourth-order valence-electron chi connectivity index (χ4n) is 2.91. The van der Waals surface area contributed by atoms with E-state index in [1.54, 1.807) is 0 Å². The second-order valence-corrected chi connectivity index (χ2v) is 8.57. The SMILES string of the molecule is CC(C)NC(=O)Cc1ccc(NC(=O)CSC(C)c2nc3ccccc3[nH]2)cc1. The average Bonchev–Trinajstić information content (AvgIpc) is 3.11. The maximum Gasteiger partial charge on any atom is 0.234 e. The van der Waals surface area contributed by atoms with Crippen molar-refractivity contribution in [2.24, 2.45) is 0 Å². The highest BCUT2D eigenvalue weighted by Crippen LogP contribution is 2.27. The molecule has 1 aromatic heterocycles. The minimum absolute atomic E-state index is 0.00670. The van der Waals surface area contributed by atoms with Crippen LogP contribution in [0.5, 0.6) is 0 Å². The zero-order valence-corrected chi connectivity index (χ0v) is 17.7. The number of carbonyl (C=O) groups excluding carboxylic acids is 2. The number of anilines is 1. The number of rotatable bonds is 8. The van der Waals surface area contributed by atoms with E-state index in [0.717, 1.165) is 28.1 Å². The number of aromatic nitrogens is 2. The number of nitrogens with zero attached hydrogens (tertiary/aromatic N) is 1. The van der Waals surface area contributed by atoms with E-state index >= 15 is 0 Å². The highest BCUT2D eigenvalue weighted by Gasteiger charge is 2.13. The van der Waals surface area contributed by atoms with E-state index in [9.17, 15) is 9.59 Å². The van der Waals surface area contributed by atoms with Gasteiger partial charge in [-0.25, -0.2) is 4.98 Å². The summed E-state index contributed by atoms with van der Waals surface area (Å²) in [4.78, 5) is 32.0. The molecular weight excluding hydrogens is 384 g/mol. The molecule has 3 aromatic rings. The molecule has 0 aliphatic heterocycles. The first-order valence-corrected chi connectivity index (χ1v) is 10.7. The van der Waals surface area contributed by atoms with Gasteiger partial charge in [-0.2, -0.15) is 0 Å². The van der Waals surface area contributed by atoms with E-state index in [2.05, 4.69) is 20.6 Å². The molecular formula is C22H26N4O2S. The summed E-state index contributed by atoms with van der Waals surface area (Å²) in [5, 5.41) is 5.84. The Balaban J connectivity index is 1.48. The second kappa shape index (κ2) is 9.60. The number of carbonyl (C=O) groups is 2. The number of thioether (sulfide) groups is 1. The number of benzene rings is 2. The molecule has 3 N–H and O–H groups in total. The Morgan fingerprint density at radius 2 is 1.76 bits per heavy atom. The summed E-state index contributed by atoms with van der Waals surface area (Å²) in [6.07, 6.45) is 0.331. The van der Waals surface area contributed by atoms with Crippen molar-refractivity contribution in [1.29, 1.82) is 0 Å². The molecule has 0 aliphatic carbocycles. The third kappa shape index (κ3) is 6.09. The normalized spacial score (nSPS) is 12.1. The van der Waals surface area contributed by atoms with Crippen LogP contribution in [0.3, 0.4) is 0 Å². The molecule has 0 radical (unpaired) electrons. The van der Waals surface area contributed by atoms with E-state index in [1.807, 2.05) is 69.3 Å². The topological polar surface area (TPSA) is 86.9 Å². The van der Waals surface area contributed by atoms with Crippen molar-refractivity contribution in [2.45, 2.75) is 38.5 Å². The van der Waals surface area contributed by atoms with E-state index in [1.165, 1.54) is 11.8 Å². The predicted octanol–water partition coefficient (Wildman–Crippen LogP) is 4.06. The summed E-state index contributed by atoms with van der Waals surface area (Å²) in [6, 6.07) is 15.4. The molecule has 1 atom stereocenters. The van der Waals surface area contributed by atoms with Gasteiger partial charge in [-0.15, -0.1) is 11.8 Å². The van der Waals surface area contributed by atoms with Gasteiger partial charge in [-0.3, -0.25) is 9.59 Å². The molecule has 29 heavy (non-hydrogen) atoms. The third-order valence-corrected chi connectivity index (χ3v) is 5.46. The second-order valence-electron chi connectivity index (χ2n) is 7.24. The largest absolute Gasteiger partial charge is 0.354 e. The zero-order valence-electron chi connectivity index (χ0n) is 16.9. The molecule has 7 heteroatoms. The Labute approximate surface area is 174 Å². The van der Waals surface area contributed by atoms with Crippen molar-refractivity contribution in [2.75, 3.05) is 11.1 Å². The van der Waals surface area contributed by atoms with Crippen molar-refractivity contribution in [3.8, 4) is 0 Å². The maximum absolute atomic E-state index is 12.3. The molecule has 0 saturated carbocycles. The van der Waals surface area contributed by atoms with Crippen LogP contribution in [0.1, 0.15) is 37.4 Å². The Morgan fingerprint density at radius 1 is 1.03 bits per heavy atom. The smallest absolute Gasteiger partial charge is 0.234 e. The Morgan fingerprint density at radius 3 is 2.45 bits per heavy atom. The quantitative estimate of drug-likeness (QED) is 0.523. The number of fused-ring (bicyclic) bond motifs is 1. The number of hydrogen-bond donors (Lipinski definition) is 3.